The third kappa shape index (κ3) is 1.51. The number of anilines is 1. The Bertz CT molecular complexity index is 677. The molecular weight excluding hydrogens is 246 g/mol. The normalized spacial score (nSPS) is 21.9. The summed E-state index contributed by atoms with van der Waals surface area (Å²) in [5.41, 5.74) is 7.10. The van der Waals surface area contributed by atoms with Crippen LogP contribution in [0.25, 0.3) is 0 Å². The van der Waals surface area contributed by atoms with Gasteiger partial charge in [-0.2, -0.15) is 0 Å². The van der Waals surface area contributed by atoms with Crippen LogP contribution in [0.1, 0.15) is 41.1 Å². The predicted molar refractivity (Wildman–Crippen MR) is 81.6 cm³/mol. The van der Waals surface area contributed by atoms with E-state index in [2.05, 4.69) is 48.6 Å². The van der Waals surface area contributed by atoms with Crippen LogP contribution in [-0.4, -0.2) is 7.11 Å². The minimum atomic E-state index is 0.443. The van der Waals surface area contributed by atoms with Crippen LogP contribution in [-0.2, 0) is 12.8 Å². The van der Waals surface area contributed by atoms with E-state index in [0.717, 1.165) is 18.6 Å². The summed E-state index contributed by atoms with van der Waals surface area (Å²) < 4.78 is 5.48. The molecule has 0 saturated carbocycles. The van der Waals surface area contributed by atoms with Crippen LogP contribution in [0.2, 0.25) is 0 Å². The smallest absolute Gasteiger partial charge is 0.119 e. The van der Waals surface area contributed by atoms with Gasteiger partial charge in [-0.1, -0.05) is 31.2 Å². The fourth-order valence-electron chi connectivity index (χ4n) is 3.78. The monoisotopic (exact) mass is 265 g/mol. The highest BCUT2D eigenvalue weighted by molar-refractivity contribution is 5.69. The Balaban J connectivity index is 1.83. The first-order valence-corrected chi connectivity index (χ1v) is 7.37. The molecule has 0 spiro atoms. The molecule has 102 valence electrons. The summed E-state index contributed by atoms with van der Waals surface area (Å²) in [6.45, 7) is 2.21. The van der Waals surface area contributed by atoms with Gasteiger partial charge in [0.25, 0.3) is 0 Å². The minimum Gasteiger partial charge on any atom is -0.497 e. The molecule has 2 heteroatoms. The zero-order valence-corrected chi connectivity index (χ0v) is 11.9. The molecule has 2 nitrogen and oxygen atoms in total. The fraction of sp³-hybridized carbons (Fsp3) is 0.333. The van der Waals surface area contributed by atoms with E-state index < -0.39 is 0 Å². The lowest BCUT2D eigenvalue weighted by molar-refractivity contribution is 0.413. The molecule has 0 radical (unpaired) electrons. The highest BCUT2D eigenvalue weighted by Gasteiger charge is 2.40. The number of nitrogens with one attached hydrogen (secondary N) is 1. The molecule has 2 aliphatic rings. The summed E-state index contributed by atoms with van der Waals surface area (Å²) in [7, 11) is 1.75. The first-order chi connectivity index (χ1) is 9.81. The molecule has 1 aliphatic carbocycles. The summed E-state index contributed by atoms with van der Waals surface area (Å²) in [5.74, 6) is 1.54. The van der Waals surface area contributed by atoms with Crippen LogP contribution < -0.4 is 10.1 Å². The highest BCUT2D eigenvalue weighted by Crippen LogP contribution is 2.53. The van der Waals surface area contributed by atoms with E-state index in [1.165, 1.54) is 27.9 Å². The van der Waals surface area contributed by atoms with Gasteiger partial charge in [-0.05, 0) is 47.2 Å². The third-order valence-electron chi connectivity index (χ3n) is 4.77. The Morgan fingerprint density at radius 1 is 1.20 bits per heavy atom. The van der Waals surface area contributed by atoms with Crippen molar-refractivity contribution in [3.63, 3.8) is 0 Å². The van der Waals surface area contributed by atoms with Crippen molar-refractivity contribution in [2.24, 2.45) is 0 Å². The maximum atomic E-state index is 5.48. The number of benzene rings is 2. The van der Waals surface area contributed by atoms with Crippen molar-refractivity contribution >= 4 is 5.69 Å². The van der Waals surface area contributed by atoms with Gasteiger partial charge in [0.15, 0.2) is 0 Å². The molecule has 1 heterocycles. The summed E-state index contributed by atoms with van der Waals surface area (Å²) in [5, 5.41) is 3.77. The molecule has 2 aromatic carbocycles. The molecule has 20 heavy (non-hydrogen) atoms. The van der Waals surface area contributed by atoms with Crippen LogP contribution in [0.4, 0.5) is 5.69 Å². The minimum absolute atomic E-state index is 0.443. The second-order valence-electron chi connectivity index (χ2n) is 5.74. The summed E-state index contributed by atoms with van der Waals surface area (Å²) >= 11 is 0. The van der Waals surface area contributed by atoms with Crippen LogP contribution >= 0.6 is 0 Å². The number of ether oxygens (including phenoxy) is 1. The molecular formula is C18H19NO. The van der Waals surface area contributed by atoms with Gasteiger partial charge in [0.05, 0.1) is 13.2 Å². The largest absolute Gasteiger partial charge is 0.497 e. The lowest BCUT2D eigenvalue weighted by Gasteiger charge is -2.13. The van der Waals surface area contributed by atoms with Crippen LogP contribution in [0.5, 0.6) is 5.75 Å². The van der Waals surface area contributed by atoms with Crippen molar-refractivity contribution in [2.45, 2.75) is 31.7 Å². The molecule has 0 fully saturated rings. The second kappa shape index (κ2) is 4.27. The average molecular weight is 265 g/mol. The van der Waals surface area contributed by atoms with Gasteiger partial charge < -0.3 is 10.1 Å². The summed E-state index contributed by atoms with van der Waals surface area (Å²) in [4.78, 5) is 0. The van der Waals surface area contributed by atoms with E-state index in [1.54, 1.807) is 7.11 Å². The number of fused-ring (bicyclic) bond motifs is 5. The van der Waals surface area contributed by atoms with Gasteiger partial charge in [-0.25, -0.2) is 0 Å². The van der Waals surface area contributed by atoms with E-state index in [0.29, 0.717) is 12.0 Å². The number of hydrogen-bond acceptors (Lipinski definition) is 2. The average Bonchev–Trinajstić information content (AvgIpc) is 3.02. The SMILES string of the molecule is CCc1cc(OC)cc2c1NC1c3ccccc3CC21. The lowest BCUT2D eigenvalue weighted by Crippen LogP contribution is -2.05. The fourth-order valence-corrected chi connectivity index (χ4v) is 3.78. The van der Waals surface area contributed by atoms with Crippen LogP contribution in [0.3, 0.4) is 0 Å². The van der Waals surface area contributed by atoms with E-state index in [4.69, 9.17) is 4.74 Å². The van der Waals surface area contributed by atoms with Crippen molar-refractivity contribution in [1.29, 1.82) is 0 Å². The Labute approximate surface area is 119 Å². The Kier molecular flexibility index (Phi) is 2.53. The van der Waals surface area contributed by atoms with Gasteiger partial charge in [0, 0.05) is 11.6 Å². The standard InChI is InChI=1S/C18H19NO/c1-3-11-8-13(20-2)10-16-15-9-12-6-4-5-7-14(12)18(15)19-17(11)16/h4-8,10,15,18-19H,3,9H2,1-2H3. The summed E-state index contributed by atoms with van der Waals surface area (Å²) in [6, 6.07) is 13.6. The van der Waals surface area contributed by atoms with Crippen LogP contribution in [0.15, 0.2) is 36.4 Å². The molecule has 2 atom stereocenters. The van der Waals surface area contributed by atoms with Gasteiger partial charge >= 0.3 is 0 Å². The van der Waals surface area contributed by atoms with Crippen molar-refractivity contribution in [1.82, 2.24) is 0 Å². The molecule has 0 saturated heterocycles. The quantitative estimate of drug-likeness (QED) is 0.884. The van der Waals surface area contributed by atoms with Gasteiger partial charge in [-0.3, -0.25) is 0 Å². The van der Waals surface area contributed by atoms with E-state index in [-0.39, 0.29) is 0 Å². The van der Waals surface area contributed by atoms with Crippen molar-refractivity contribution in [2.75, 3.05) is 12.4 Å². The van der Waals surface area contributed by atoms with Gasteiger partial charge in [-0.15, -0.1) is 0 Å². The molecule has 0 aromatic heterocycles. The molecule has 0 amide bonds. The Morgan fingerprint density at radius 3 is 2.85 bits per heavy atom. The highest BCUT2D eigenvalue weighted by atomic mass is 16.5. The molecule has 1 N–H and O–H groups in total. The topological polar surface area (TPSA) is 21.3 Å². The molecule has 1 aliphatic heterocycles. The lowest BCUT2D eigenvalue weighted by atomic mass is 9.94. The number of rotatable bonds is 2. The van der Waals surface area contributed by atoms with Crippen molar-refractivity contribution in [3.8, 4) is 5.75 Å². The Morgan fingerprint density at radius 2 is 2.05 bits per heavy atom. The van der Waals surface area contributed by atoms with E-state index in [9.17, 15) is 0 Å². The first kappa shape index (κ1) is 11.8. The first-order valence-electron chi connectivity index (χ1n) is 7.37. The molecule has 4 rings (SSSR count). The van der Waals surface area contributed by atoms with Crippen LogP contribution in [0, 0.1) is 0 Å². The number of aryl methyl sites for hydroxylation is 1. The number of hydrogen-bond donors (Lipinski definition) is 1. The number of methoxy groups -OCH3 is 1. The molecule has 0 bridgehead atoms. The van der Waals surface area contributed by atoms with Crippen molar-refractivity contribution < 1.29 is 4.74 Å². The van der Waals surface area contributed by atoms with E-state index >= 15 is 0 Å². The van der Waals surface area contributed by atoms with E-state index in [1.807, 2.05) is 0 Å². The van der Waals surface area contributed by atoms with Gasteiger partial charge in [0.2, 0.25) is 0 Å². The molecule has 2 aromatic rings. The van der Waals surface area contributed by atoms with Gasteiger partial charge in [0.1, 0.15) is 5.75 Å². The maximum absolute atomic E-state index is 5.48. The third-order valence-corrected chi connectivity index (χ3v) is 4.77. The maximum Gasteiger partial charge on any atom is 0.119 e. The summed E-state index contributed by atoms with van der Waals surface area (Å²) in [6.07, 6.45) is 2.17. The van der Waals surface area contributed by atoms with Crippen molar-refractivity contribution in [3.05, 3.63) is 58.7 Å². The molecule has 2 unspecified atom stereocenters. The second-order valence-corrected chi connectivity index (χ2v) is 5.74. The zero-order valence-electron chi connectivity index (χ0n) is 11.9. The zero-order chi connectivity index (χ0) is 13.7. The Hall–Kier alpha value is -1.96. The predicted octanol–water partition coefficient (Wildman–Crippen LogP) is 4.06.